The summed E-state index contributed by atoms with van der Waals surface area (Å²) in [5.41, 5.74) is 4.59. The van der Waals surface area contributed by atoms with E-state index in [1.807, 2.05) is 25.1 Å². The number of nitrogens with zero attached hydrogens (tertiary/aromatic N) is 1. The van der Waals surface area contributed by atoms with Gasteiger partial charge in [-0.1, -0.05) is 23.7 Å². The molecule has 6 rings (SSSR count). The van der Waals surface area contributed by atoms with Crippen LogP contribution in [0.3, 0.4) is 0 Å². The highest BCUT2D eigenvalue weighted by molar-refractivity contribution is 6.31. The molecule has 198 valence electrons. The van der Waals surface area contributed by atoms with Gasteiger partial charge in [0.2, 0.25) is 0 Å². The van der Waals surface area contributed by atoms with Crippen molar-refractivity contribution in [3.63, 3.8) is 0 Å². The highest BCUT2D eigenvalue weighted by Gasteiger charge is 2.47. The summed E-state index contributed by atoms with van der Waals surface area (Å²) in [4.78, 5) is 6.35. The number of quaternary nitrogens is 1. The Kier molecular flexibility index (Phi) is 7.02. The van der Waals surface area contributed by atoms with E-state index in [-0.39, 0.29) is 5.82 Å². The fraction of sp³-hybridized carbons (Fsp3) is 0.387. The minimum Gasteiger partial charge on any atom is -0.496 e. The number of halogens is 2. The summed E-state index contributed by atoms with van der Waals surface area (Å²) >= 11 is 6.13. The van der Waals surface area contributed by atoms with Crippen LogP contribution in [0.2, 0.25) is 5.02 Å². The van der Waals surface area contributed by atoms with Crippen molar-refractivity contribution in [1.29, 1.82) is 0 Å². The Labute approximate surface area is 227 Å². The summed E-state index contributed by atoms with van der Waals surface area (Å²) in [5, 5.41) is 0.672. The van der Waals surface area contributed by atoms with Crippen LogP contribution in [0.4, 0.5) is 4.39 Å². The largest absolute Gasteiger partial charge is 0.496 e. The number of hydrogen-bond donors (Lipinski definition) is 1. The van der Waals surface area contributed by atoms with Crippen LogP contribution in [-0.2, 0) is 13.0 Å². The fourth-order valence-electron chi connectivity index (χ4n) is 6.70. The lowest BCUT2D eigenvalue weighted by atomic mass is 9.90. The van der Waals surface area contributed by atoms with Crippen molar-refractivity contribution in [2.75, 3.05) is 20.3 Å². The van der Waals surface area contributed by atoms with Gasteiger partial charge in [-0.15, -0.1) is 0 Å². The van der Waals surface area contributed by atoms with Gasteiger partial charge in [0.15, 0.2) is 11.5 Å². The normalized spacial score (nSPS) is 22.6. The predicted octanol–water partition coefficient (Wildman–Crippen LogP) is 6.12. The summed E-state index contributed by atoms with van der Waals surface area (Å²) in [7, 11) is 1.68. The quantitative estimate of drug-likeness (QED) is 0.295. The Morgan fingerprint density at radius 1 is 1.05 bits per heavy atom. The molecule has 1 N–H and O–H groups in total. The average molecular weight is 536 g/mol. The molecule has 0 amide bonds. The predicted molar refractivity (Wildman–Crippen MR) is 146 cm³/mol. The van der Waals surface area contributed by atoms with Gasteiger partial charge in [-0.05, 0) is 67.6 Å². The first-order valence-electron chi connectivity index (χ1n) is 13.5. The molecule has 1 saturated carbocycles. The Hall–Kier alpha value is -3.09. The van der Waals surface area contributed by atoms with E-state index in [2.05, 4.69) is 12.1 Å². The zero-order valence-electron chi connectivity index (χ0n) is 21.8. The molecule has 0 spiro atoms. The van der Waals surface area contributed by atoms with Gasteiger partial charge in [0, 0.05) is 35.4 Å². The van der Waals surface area contributed by atoms with Crippen molar-refractivity contribution in [1.82, 2.24) is 4.98 Å². The van der Waals surface area contributed by atoms with Gasteiger partial charge in [0.1, 0.15) is 29.4 Å². The van der Waals surface area contributed by atoms with Crippen molar-refractivity contribution >= 4 is 22.7 Å². The molecular formula is C31H33ClFN2O3+. The first kappa shape index (κ1) is 25.2. The van der Waals surface area contributed by atoms with Crippen LogP contribution in [0, 0.1) is 17.7 Å². The molecule has 1 aromatic heterocycles. The summed E-state index contributed by atoms with van der Waals surface area (Å²) in [6.07, 6.45) is 4.53. The second-order valence-electron chi connectivity index (χ2n) is 10.5. The van der Waals surface area contributed by atoms with E-state index < -0.39 is 0 Å². The minimum absolute atomic E-state index is 0.259. The van der Waals surface area contributed by atoms with Crippen molar-refractivity contribution in [2.45, 2.75) is 45.2 Å². The molecule has 38 heavy (non-hydrogen) atoms. The van der Waals surface area contributed by atoms with Crippen LogP contribution in [0.5, 0.6) is 11.5 Å². The Balaban J connectivity index is 1.19. The smallest absolute Gasteiger partial charge is 0.195 e. The summed E-state index contributed by atoms with van der Waals surface area (Å²) in [6, 6.07) is 17.0. The van der Waals surface area contributed by atoms with Crippen molar-refractivity contribution in [3.05, 3.63) is 76.9 Å². The zero-order valence-corrected chi connectivity index (χ0v) is 22.6. The summed E-state index contributed by atoms with van der Waals surface area (Å²) < 4.78 is 31.5. The maximum absolute atomic E-state index is 13.6. The number of fused-ring (bicyclic) bond motifs is 2. The molecule has 2 heterocycles. The third-order valence-electron chi connectivity index (χ3n) is 8.34. The van der Waals surface area contributed by atoms with Gasteiger partial charge < -0.3 is 18.8 Å². The topological polar surface area (TPSA) is 48.9 Å². The number of methoxy groups -OCH3 is 1. The second kappa shape index (κ2) is 10.6. The maximum atomic E-state index is 13.6. The molecule has 7 heteroatoms. The highest BCUT2D eigenvalue weighted by Crippen LogP contribution is 2.41. The van der Waals surface area contributed by atoms with Gasteiger partial charge in [-0.3, -0.25) is 0 Å². The molecule has 3 aromatic carbocycles. The van der Waals surface area contributed by atoms with Gasteiger partial charge >= 0.3 is 0 Å². The van der Waals surface area contributed by atoms with Gasteiger partial charge in [0.05, 0.1) is 31.9 Å². The number of ether oxygens (including phenoxy) is 2. The first-order valence-corrected chi connectivity index (χ1v) is 13.9. The lowest BCUT2D eigenvalue weighted by molar-refractivity contribution is -0.927. The Morgan fingerprint density at radius 3 is 2.66 bits per heavy atom. The Bertz CT molecular complexity index is 1440. The summed E-state index contributed by atoms with van der Waals surface area (Å²) in [5.74, 6) is 3.37. The molecule has 2 fully saturated rings. The second-order valence-corrected chi connectivity index (χ2v) is 11.0. The number of oxazole rings is 1. The van der Waals surface area contributed by atoms with Crippen LogP contribution in [0.25, 0.3) is 22.2 Å². The molecule has 4 atom stereocenters. The van der Waals surface area contributed by atoms with Gasteiger partial charge in [0.25, 0.3) is 0 Å². The van der Waals surface area contributed by atoms with Crippen molar-refractivity contribution in [2.24, 2.45) is 11.8 Å². The molecule has 1 saturated heterocycles. The molecule has 1 aliphatic carbocycles. The standard InChI is InChI=1S/C31H32ClFN2O3/c1-3-37-29-15-19(14-28(36-2)31(29)20-4-8-23(33)9-5-20)18-35-13-12-24-21(6-11-26(24)35)16-30-34-25-10-7-22(32)17-27(25)38-30/h4-5,7-10,14-15,17,21,24,26H,3,6,11-13,16,18H2,1-2H3/p+1/t21?,24-,26+/m0/s1. The Morgan fingerprint density at radius 2 is 1.87 bits per heavy atom. The van der Waals surface area contributed by atoms with Crippen LogP contribution in [0.1, 0.15) is 37.6 Å². The molecule has 4 aromatic rings. The molecule has 0 radical (unpaired) electrons. The minimum atomic E-state index is -0.259. The number of likely N-dealkylation sites (tertiary alicyclic amines) is 1. The third kappa shape index (κ3) is 4.87. The molecule has 5 nitrogen and oxygen atoms in total. The zero-order chi connectivity index (χ0) is 26.2. The van der Waals surface area contributed by atoms with Crippen molar-refractivity contribution in [3.8, 4) is 22.6 Å². The molecule has 0 bridgehead atoms. The van der Waals surface area contributed by atoms with Crippen LogP contribution in [-0.4, -0.2) is 31.3 Å². The van der Waals surface area contributed by atoms with E-state index in [1.54, 1.807) is 24.1 Å². The monoisotopic (exact) mass is 535 g/mol. The number of aromatic nitrogens is 1. The van der Waals surface area contributed by atoms with E-state index in [9.17, 15) is 4.39 Å². The highest BCUT2D eigenvalue weighted by atomic mass is 35.5. The molecular weight excluding hydrogens is 503 g/mol. The van der Waals surface area contributed by atoms with Crippen LogP contribution in [0.15, 0.2) is 59.0 Å². The van der Waals surface area contributed by atoms with E-state index in [4.69, 9.17) is 30.5 Å². The maximum Gasteiger partial charge on any atom is 0.195 e. The van der Waals surface area contributed by atoms with E-state index in [0.29, 0.717) is 29.5 Å². The summed E-state index contributed by atoms with van der Waals surface area (Å²) in [6.45, 7) is 4.61. The molecule has 2 unspecified atom stereocenters. The number of rotatable bonds is 8. The first-order chi connectivity index (χ1) is 18.5. The van der Waals surface area contributed by atoms with E-state index in [1.165, 1.54) is 37.0 Å². The van der Waals surface area contributed by atoms with E-state index in [0.717, 1.165) is 59.1 Å². The number of benzene rings is 3. The number of hydrogen-bond acceptors (Lipinski definition) is 4. The van der Waals surface area contributed by atoms with Crippen molar-refractivity contribution < 1.29 is 23.2 Å². The number of nitrogens with one attached hydrogen (secondary N) is 1. The third-order valence-corrected chi connectivity index (χ3v) is 8.57. The average Bonchev–Trinajstić information content (AvgIpc) is 3.61. The SMILES string of the molecule is CCOc1cc(C[NH+]2CC[C@H]3C(Cc4nc5ccc(Cl)cc5o4)CC[C@H]32)cc(OC)c1-c1ccc(F)cc1. The lowest BCUT2D eigenvalue weighted by Gasteiger charge is -2.23. The lowest BCUT2D eigenvalue weighted by Crippen LogP contribution is -3.12. The van der Waals surface area contributed by atoms with Crippen LogP contribution < -0.4 is 14.4 Å². The van der Waals surface area contributed by atoms with Crippen LogP contribution >= 0.6 is 11.6 Å². The molecule has 1 aliphatic heterocycles. The molecule has 2 aliphatic rings. The fourth-order valence-corrected chi connectivity index (χ4v) is 6.86. The van der Waals surface area contributed by atoms with Gasteiger partial charge in [-0.25, -0.2) is 9.37 Å². The van der Waals surface area contributed by atoms with Gasteiger partial charge in [-0.2, -0.15) is 0 Å². The van der Waals surface area contributed by atoms with E-state index >= 15 is 0 Å².